The average Bonchev–Trinajstić information content (AvgIpc) is 3.28. The van der Waals surface area contributed by atoms with Gasteiger partial charge in [-0.2, -0.15) is 23.0 Å². The molecular weight excluding hydrogens is 478 g/mol. The molecule has 34 heavy (non-hydrogen) atoms. The van der Waals surface area contributed by atoms with Crippen molar-refractivity contribution < 1.29 is 31.8 Å². The molecule has 1 unspecified atom stereocenters. The van der Waals surface area contributed by atoms with Crippen molar-refractivity contribution >= 4 is 15.6 Å². The van der Waals surface area contributed by atoms with Gasteiger partial charge >= 0.3 is 6.18 Å². The van der Waals surface area contributed by atoms with Gasteiger partial charge in [0.15, 0.2) is 5.03 Å². The molecule has 8 nitrogen and oxygen atoms in total. The van der Waals surface area contributed by atoms with Crippen molar-refractivity contribution in [1.29, 1.82) is 4.78 Å². The highest BCUT2D eigenvalue weighted by molar-refractivity contribution is 7.91. The number of carbonyl (C=O) groups is 1. The summed E-state index contributed by atoms with van der Waals surface area (Å²) in [4.78, 5) is 17.0. The Morgan fingerprint density at radius 3 is 2.56 bits per heavy atom. The Labute approximate surface area is 192 Å². The first-order chi connectivity index (χ1) is 15.7. The van der Waals surface area contributed by atoms with Crippen molar-refractivity contribution in [2.75, 3.05) is 6.26 Å². The highest BCUT2D eigenvalue weighted by Gasteiger charge is 2.62. The van der Waals surface area contributed by atoms with E-state index in [-0.39, 0.29) is 35.5 Å². The van der Waals surface area contributed by atoms with Gasteiger partial charge in [0, 0.05) is 31.0 Å². The van der Waals surface area contributed by atoms with Gasteiger partial charge < -0.3 is 5.21 Å². The van der Waals surface area contributed by atoms with E-state index < -0.39 is 50.1 Å². The normalized spacial score (nSPS) is 28.6. The molecule has 6 rings (SSSR count). The van der Waals surface area contributed by atoms with Crippen molar-refractivity contribution in [1.82, 2.24) is 14.5 Å². The number of pyridine rings is 1. The van der Waals surface area contributed by atoms with Gasteiger partial charge in [-0.15, -0.1) is 0 Å². The summed E-state index contributed by atoms with van der Waals surface area (Å²) in [6, 6.07) is 2.17. The fraction of sp³-hybridized carbons (Fsp3) is 0.571. The summed E-state index contributed by atoms with van der Waals surface area (Å²) in [5.74, 6) is -1.59. The molecule has 2 aromatic heterocycles. The van der Waals surface area contributed by atoms with Crippen LogP contribution in [0.5, 0.6) is 0 Å². The van der Waals surface area contributed by atoms with Gasteiger partial charge in [0.1, 0.15) is 16.9 Å². The molecule has 0 saturated heterocycles. The molecule has 4 saturated carbocycles. The molecule has 184 valence electrons. The number of rotatable bonds is 5. The number of amides is 1. The highest BCUT2D eigenvalue weighted by Crippen LogP contribution is 2.64. The SMILES string of the molecule is CS(=N)(=O)c1cc(=NC(=O)c2c(C(F)(F)F)c(C3CC3)nn2CC23CCC(F)(C2)C3)ccn1O. The summed E-state index contributed by atoms with van der Waals surface area (Å²) in [5, 5.41) is 13.5. The van der Waals surface area contributed by atoms with Gasteiger partial charge in [-0.1, -0.05) is 0 Å². The third-order valence-corrected chi connectivity index (χ3v) is 8.02. The molecule has 0 aromatic carbocycles. The second kappa shape index (κ2) is 7.15. The molecule has 4 fully saturated rings. The van der Waals surface area contributed by atoms with Crippen LogP contribution in [0.1, 0.15) is 66.2 Å². The van der Waals surface area contributed by atoms with E-state index in [2.05, 4.69) is 10.1 Å². The lowest BCUT2D eigenvalue weighted by atomic mass is 9.68. The van der Waals surface area contributed by atoms with E-state index >= 15 is 0 Å². The number of fused-ring (bicyclic) bond motifs is 1. The van der Waals surface area contributed by atoms with Crippen molar-refractivity contribution in [3.63, 3.8) is 0 Å². The van der Waals surface area contributed by atoms with Gasteiger partial charge in [0.05, 0.1) is 20.8 Å². The van der Waals surface area contributed by atoms with Gasteiger partial charge in [0.25, 0.3) is 5.91 Å². The number of alkyl halides is 4. The standard InChI is InChI=1S/C21H23F4N5O3S/c1-34(26,33)14-8-13(4-7-30(14)32)27-18(31)17-15(21(23,24)25)16(12-2-3-12)28-29(17)11-19-5-6-20(22,9-19)10-19/h4,7-8,12,26,32H,2-3,5-6,9-11H2,1H3. The Morgan fingerprint density at radius 1 is 1.35 bits per heavy atom. The lowest BCUT2D eigenvalue weighted by Crippen LogP contribution is -2.42. The second-order valence-electron chi connectivity index (χ2n) is 9.87. The number of nitrogens with one attached hydrogen (secondary N) is 1. The Hall–Kier alpha value is -2.70. The highest BCUT2D eigenvalue weighted by atomic mass is 32.2. The molecule has 2 N–H and O–H groups in total. The van der Waals surface area contributed by atoms with Crippen LogP contribution in [0.2, 0.25) is 0 Å². The van der Waals surface area contributed by atoms with Crippen LogP contribution in [0.15, 0.2) is 28.3 Å². The van der Waals surface area contributed by atoms with Crippen molar-refractivity contribution in [3.8, 4) is 0 Å². The first-order valence-corrected chi connectivity index (χ1v) is 12.8. The molecule has 2 aromatic rings. The zero-order valence-corrected chi connectivity index (χ0v) is 19.0. The Bertz CT molecular complexity index is 1370. The van der Waals surface area contributed by atoms with Gasteiger partial charge in [-0.05, 0) is 50.0 Å². The largest absolute Gasteiger partial charge is 0.428 e. The van der Waals surface area contributed by atoms with Crippen LogP contribution in [0.25, 0.3) is 0 Å². The molecule has 2 heterocycles. The van der Waals surface area contributed by atoms with Crippen LogP contribution in [0.4, 0.5) is 17.6 Å². The van der Waals surface area contributed by atoms with Crippen LogP contribution in [-0.2, 0) is 22.5 Å². The summed E-state index contributed by atoms with van der Waals surface area (Å²) < 4.78 is 78.1. The number of hydrogen-bond donors (Lipinski definition) is 2. The van der Waals surface area contributed by atoms with Crippen LogP contribution in [-0.4, -0.2) is 41.8 Å². The van der Waals surface area contributed by atoms with Gasteiger partial charge in [-0.3, -0.25) is 9.48 Å². The average molecular weight is 502 g/mol. The second-order valence-corrected chi connectivity index (χ2v) is 12.0. The molecule has 1 atom stereocenters. The Morgan fingerprint density at radius 2 is 2.03 bits per heavy atom. The minimum absolute atomic E-state index is 0.00274. The molecule has 13 heteroatoms. The number of nitrogens with zero attached hydrogens (tertiary/aromatic N) is 4. The van der Waals surface area contributed by atoms with E-state index in [4.69, 9.17) is 4.78 Å². The zero-order valence-electron chi connectivity index (χ0n) is 18.2. The summed E-state index contributed by atoms with van der Waals surface area (Å²) in [6.45, 7) is -0.00274. The maximum absolute atomic E-state index is 14.4. The fourth-order valence-corrected chi connectivity index (χ4v) is 6.13. The van der Waals surface area contributed by atoms with Crippen LogP contribution in [0.3, 0.4) is 0 Å². The van der Waals surface area contributed by atoms with Crippen LogP contribution < -0.4 is 5.36 Å². The number of aromatic nitrogens is 3. The molecule has 4 aliphatic carbocycles. The molecule has 2 bridgehead atoms. The maximum Gasteiger partial charge on any atom is 0.420 e. The van der Waals surface area contributed by atoms with Crippen LogP contribution >= 0.6 is 0 Å². The van der Waals surface area contributed by atoms with E-state index in [0.29, 0.717) is 30.4 Å². The van der Waals surface area contributed by atoms with E-state index in [1.54, 1.807) is 0 Å². The van der Waals surface area contributed by atoms with E-state index in [0.717, 1.165) is 29.3 Å². The van der Waals surface area contributed by atoms with E-state index in [9.17, 15) is 31.8 Å². The predicted molar refractivity (Wildman–Crippen MR) is 111 cm³/mol. The quantitative estimate of drug-likeness (QED) is 0.478. The molecule has 1 amide bonds. The fourth-order valence-electron chi connectivity index (χ4n) is 5.37. The van der Waals surface area contributed by atoms with Crippen LogP contribution in [0, 0.1) is 10.2 Å². The summed E-state index contributed by atoms with van der Waals surface area (Å²) in [6.07, 6.45) is -0.389. The number of carbonyl (C=O) groups excluding carboxylic acids is 1. The summed E-state index contributed by atoms with van der Waals surface area (Å²) >= 11 is 0. The number of halogens is 4. The molecule has 0 spiro atoms. The maximum atomic E-state index is 14.4. The Kier molecular flexibility index (Phi) is 4.85. The molecule has 4 aliphatic rings. The van der Waals surface area contributed by atoms with Gasteiger partial charge in [-0.25, -0.2) is 18.4 Å². The summed E-state index contributed by atoms with van der Waals surface area (Å²) in [7, 11) is -3.41. The predicted octanol–water partition coefficient (Wildman–Crippen LogP) is 3.88. The molecule has 0 aliphatic heterocycles. The molecule has 0 radical (unpaired) electrons. The minimum atomic E-state index is -4.84. The smallest absolute Gasteiger partial charge is 0.420 e. The van der Waals surface area contributed by atoms with Crippen molar-refractivity contribution in [3.05, 3.63) is 40.6 Å². The zero-order chi connectivity index (χ0) is 24.7. The minimum Gasteiger partial charge on any atom is -0.428 e. The first kappa shape index (κ1) is 23.1. The van der Waals surface area contributed by atoms with Crippen molar-refractivity contribution in [2.45, 2.75) is 67.9 Å². The topological polar surface area (TPSA) is 113 Å². The lowest BCUT2D eigenvalue weighted by Gasteiger charge is -2.42. The van der Waals surface area contributed by atoms with E-state index in [1.807, 2.05) is 0 Å². The third-order valence-electron chi connectivity index (χ3n) is 6.92. The Balaban J connectivity index is 1.62. The third kappa shape index (κ3) is 3.93. The number of hydrogen-bond acceptors (Lipinski definition) is 5. The van der Waals surface area contributed by atoms with Gasteiger partial charge in [0.2, 0.25) is 0 Å². The summed E-state index contributed by atoms with van der Waals surface area (Å²) in [5.41, 5.74) is -3.80. The monoisotopic (exact) mass is 501 g/mol. The van der Waals surface area contributed by atoms with Crippen molar-refractivity contribution in [2.24, 2.45) is 10.4 Å². The lowest BCUT2D eigenvalue weighted by molar-refractivity contribution is -0.138. The van der Waals surface area contributed by atoms with E-state index in [1.165, 1.54) is 0 Å². The first-order valence-electron chi connectivity index (χ1n) is 10.8. The molecular formula is C21H23F4N5O3S.